The molecule has 202 valence electrons. The van der Waals surface area contributed by atoms with Gasteiger partial charge in [0.25, 0.3) is 0 Å². The number of nitrogens with one attached hydrogen (secondary N) is 1. The highest BCUT2D eigenvalue weighted by Gasteiger charge is 2.35. The van der Waals surface area contributed by atoms with Crippen molar-refractivity contribution in [2.75, 3.05) is 40.3 Å². The predicted molar refractivity (Wildman–Crippen MR) is 145 cm³/mol. The number of carbonyl (C=O) groups is 1. The number of nitrogens with zero attached hydrogens (tertiary/aromatic N) is 2. The fraction of sp³-hybridized carbons (Fsp3) is 0.429. The van der Waals surface area contributed by atoms with Crippen LogP contribution in [0.5, 0.6) is 11.5 Å². The Bertz CT molecular complexity index is 1410. The van der Waals surface area contributed by atoms with Crippen LogP contribution >= 0.6 is 11.6 Å². The molecule has 2 aromatic carbocycles. The minimum absolute atomic E-state index is 0.0325. The molecular weight excluding hydrogens is 510 g/mol. The zero-order chi connectivity index (χ0) is 27.0. The maximum atomic E-state index is 13.3. The molecule has 3 aromatic rings. The molecule has 2 fully saturated rings. The molecule has 10 heteroatoms. The number of aliphatic hydroxyl groups excluding tert-OH is 1. The van der Waals surface area contributed by atoms with Crippen molar-refractivity contribution in [3.8, 4) is 22.8 Å². The highest BCUT2D eigenvalue weighted by atomic mass is 35.5. The van der Waals surface area contributed by atoms with Crippen LogP contribution in [-0.2, 0) is 0 Å². The summed E-state index contributed by atoms with van der Waals surface area (Å²) in [4.78, 5) is 30.2. The lowest BCUT2D eigenvalue weighted by atomic mass is 9.85. The van der Waals surface area contributed by atoms with Crippen LogP contribution in [0.3, 0.4) is 0 Å². The number of phenols is 1. The third-order valence-corrected chi connectivity index (χ3v) is 7.89. The summed E-state index contributed by atoms with van der Waals surface area (Å²) in [5, 5.41) is 25.6. The van der Waals surface area contributed by atoms with E-state index in [0.717, 1.165) is 12.8 Å². The summed E-state index contributed by atoms with van der Waals surface area (Å²) in [5.41, 5.74) is 0.514. The second-order valence-corrected chi connectivity index (χ2v) is 10.5. The Balaban J connectivity index is 1.67. The number of phenolic OH excluding ortho intramolecular Hbond substituents is 1. The first kappa shape index (κ1) is 26.5. The average molecular weight is 542 g/mol. The number of β-amino-alcohol motifs (C(OH)–C–C–N with tert-alkyl or cyclic N) is 1. The van der Waals surface area contributed by atoms with Crippen LogP contribution in [0.1, 0.15) is 30.7 Å². The van der Waals surface area contributed by atoms with Gasteiger partial charge in [0, 0.05) is 54.9 Å². The van der Waals surface area contributed by atoms with Gasteiger partial charge in [0.05, 0.1) is 11.1 Å². The Labute approximate surface area is 225 Å². The molecule has 0 bridgehead atoms. The number of fused-ring (bicyclic) bond motifs is 1. The van der Waals surface area contributed by atoms with Crippen LogP contribution in [0.2, 0.25) is 5.02 Å². The van der Waals surface area contributed by atoms with Crippen molar-refractivity contribution in [1.82, 2.24) is 15.1 Å². The summed E-state index contributed by atoms with van der Waals surface area (Å²) in [6.07, 6.45) is 0.960. The lowest BCUT2D eigenvalue weighted by Gasteiger charge is -2.35. The molecule has 0 saturated carbocycles. The molecule has 0 unspecified atom stereocenters. The van der Waals surface area contributed by atoms with E-state index in [1.54, 1.807) is 29.2 Å². The molecule has 0 spiro atoms. The first-order valence-corrected chi connectivity index (χ1v) is 13.2. The van der Waals surface area contributed by atoms with Crippen molar-refractivity contribution < 1.29 is 24.2 Å². The number of rotatable bonds is 4. The van der Waals surface area contributed by atoms with E-state index < -0.39 is 23.5 Å². The Hall–Kier alpha value is -3.11. The number of hydrogen-bond acceptors (Lipinski definition) is 8. The highest BCUT2D eigenvalue weighted by molar-refractivity contribution is 6.33. The van der Waals surface area contributed by atoms with E-state index >= 15 is 0 Å². The van der Waals surface area contributed by atoms with Gasteiger partial charge < -0.3 is 34.5 Å². The van der Waals surface area contributed by atoms with Crippen LogP contribution < -0.4 is 15.5 Å². The van der Waals surface area contributed by atoms with E-state index in [0.29, 0.717) is 48.7 Å². The third kappa shape index (κ3) is 5.11. The third-order valence-electron chi connectivity index (χ3n) is 7.56. The molecule has 2 aliphatic rings. The molecule has 3 atom stereocenters. The van der Waals surface area contributed by atoms with Crippen molar-refractivity contribution >= 4 is 28.7 Å². The van der Waals surface area contributed by atoms with Gasteiger partial charge in [0.2, 0.25) is 0 Å². The fourth-order valence-electron chi connectivity index (χ4n) is 5.50. The van der Waals surface area contributed by atoms with Crippen molar-refractivity contribution in [2.45, 2.75) is 37.3 Å². The normalized spacial score (nSPS) is 22.5. The van der Waals surface area contributed by atoms with Crippen LogP contribution in [-0.4, -0.2) is 78.5 Å². The number of likely N-dealkylation sites (tertiary alicyclic amines) is 2. The van der Waals surface area contributed by atoms with E-state index in [-0.39, 0.29) is 34.3 Å². The number of hydrogen-bond donors (Lipinski definition) is 3. The molecule has 5 rings (SSSR count). The minimum Gasteiger partial charge on any atom is -0.507 e. The van der Waals surface area contributed by atoms with Gasteiger partial charge in [-0.3, -0.25) is 4.79 Å². The van der Waals surface area contributed by atoms with Crippen LogP contribution in [0.25, 0.3) is 22.3 Å². The topological polar surface area (TPSA) is 115 Å². The summed E-state index contributed by atoms with van der Waals surface area (Å²) in [6.45, 7) is 2.12. The molecule has 38 heavy (non-hydrogen) atoms. The van der Waals surface area contributed by atoms with E-state index in [2.05, 4.69) is 5.32 Å². The van der Waals surface area contributed by atoms with Gasteiger partial charge in [-0.05, 0) is 52.0 Å². The molecule has 2 aliphatic heterocycles. The van der Waals surface area contributed by atoms with Crippen molar-refractivity contribution in [3.63, 3.8) is 0 Å². The van der Waals surface area contributed by atoms with Crippen LogP contribution in [0.4, 0.5) is 4.79 Å². The largest absolute Gasteiger partial charge is 0.507 e. The number of aliphatic hydroxyl groups is 1. The molecule has 0 aliphatic carbocycles. The first-order chi connectivity index (χ1) is 18.3. The molecular formula is C28H32ClN3O6. The number of amides is 1. The highest BCUT2D eigenvalue weighted by Crippen LogP contribution is 2.43. The summed E-state index contributed by atoms with van der Waals surface area (Å²) in [5.74, 6) is -0.569. The van der Waals surface area contributed by atoms with Crippen LogP contribution in [0, 0.1) is 0 Å². The predicted octanol–water partition coefficient (Wildman–Crippen LogP) is 3.78. The number of ether oxygens (including phenoxy) is 1. The Morgan fingerprint density at radius 2 is 1.97 bits per heavy atom. The number of piperidine rings is 2. The minimum atomic E-state index is -0.808. The number of benzene rings is 2. The Morgan fingerprint density at radius 3 is 2.71 bits per heavy atom. The number of aromatic hydroxyl groups is 1. The second kappa shape index (κ2) is 10.9. The molecule has 2 saturated heterocycles. The number of halogens is 1. The van der Waals surface area contributed by atoms with Gasteiger partial charge in [-0.25, -0.2) is 4.79 Å². The standard InChI is InChI=1S/C28H32ClN3O6/c1-30-16-6-5-10-32(14-16)28(36)38-24-13-21(34)26-20(33)12-23(17-7-3-4-8-19(17)29)37-27(26)25(24)18-9-11-31(2)15-22(18)35/h3-4,7-8,12-13,16,18,22,30,34-35H,5-6,9-11,14-15H2,1-2H3/t16-,18+,22-/m1/s1. The van der Waals surface area contributed by atoms with E-state index in [1.807, 2.05) is 19.0 Å². The quantitative estimate of drug-likeness (QED) is 0.457. The van der Waals surface area contributed by atoms with E-state index in [4.69, 9.17) is 20.8 Å². The summed E-state index contributed by atoms with van der Waals surface area (Å²) < 4.78 is 12.2. The molecule has 3 N–H and O–H groups in total. The Morgan fingerprint density at radius 1 is 1.18 bits per heavy atom. The number of likely N-dealkylation sites (N-methyl/N-ethyl adjacent to an activating group) is 2. The summed E-state index contributed by atoms with van der Waals surface area (Å²) in [7, 11) is 3.78. The molecule has 9 nitrogen and oxygen atoms in total. The molecule has 1 amide bonds. The van der Waals surface area contributed by atoms with Gasteiger partial charge in [0.15, 0.2) is 5.43 Å². The zero-order valence-electron chi connectivity index (χ0n) is 21.4. The first-order valence-electron chi connectivity index (χ1n) is 12.9. The second-order valence-electron chi connectivity index (χ2n) is 10.1. The fourth-order valence-corrected chi connectivity index (χ4v) is 5.73. The smallest absolute Gasteiger partial charge is 0.415 e. The van der Waals surface area contributed by atoms with E-state index in [1.165, 1.54) is 12.1 Å². The van der Waals surface area contributed by atoms with Crippen molar-refractivity contribution in [2.24, 2.45) is 0 Å². The zero-order valence-corrected chi connectivity index (χ0v) is 22.2. The summed E-state index contributed by atoms with van der Waals surface area (Å²) in [6, 6.07) is 9.70. The van der Waals surface area contributed by atoms with Gasteiger partial charge in [-0.15, -0.1) is 0 Å². The van der Waals surface area contributed by atoms with E-state index in [9.17, 15) is 19.8 Å². The molecule has 0 radical (unpaired) electrons. The lowest BCUT2D eigenvalue weighted by molar-refractivity contribution is 0.0626. The monoisotopic (exact) mass is 541 g/mol. The SMILES string of the molecule is CN[C@@H]1CCCN(C(=O)Oc2cc(O)c3c(=O)cc(-c4ccccc4Cl)oc3c2[C@H]2CCN(C)C[C@H]2O)C1. The maximum Gasteiger partial charge on any atom is 0.415 e. The lowest BCUT2D eigenvalue weighted by Crippen LogP contribution is -2.48. The molecule has 1 aromatic heterocycles. The number of carbonyl (C=O) groups excluding carboxylic acids is 1. The van der Waals surface area contributed by atoms with Gasteiger partial charge in [-0.2, -0.15) is 0 Å². The van der Waals surface area contributed by atoms with Gasteiger partial charge >= 0.3 is 6.09 Å². The maximum absolute atomic E-state index is 13.3. The summed E-state index contributed by atoms with van der Waals surface area (Å²) >= 11 is 6.39. The van der Waals surface area contributed by atoms with Crippen molar-refractivity contribution in [3.05, 3.63) is 57.2 Å². The molecule has 3 heterocycles. The van der Waals surface area contributed by atoms with Crippen LogP contribution in [0.15, 0.2) is 45.6 Å². The van der Waals surface area contributed by atoms with Crippen molar-refractivity contribution in [1.29, 1.82) is 0 Å². The Kier molecular flexibility index (Phi) is 7.63. The van der Waals surface area contributed by atoms with Gasteiger partial charge in [0.1, 0.15) is 28.2 Å². The van der Waals surface area contributed by atoms with Gasteiger partial charge in [-0.1, -0.05) is 23.7 Å². The average Bonchev–Trinajstić information content (AvgIpc) is 2.89.